The van der Waals surface area contributed by atoms with Gasteiger partial charge in [0.2, 0.25) is 10.0 Å². The number of rotatable bonds is 7. The van der Waals surface area contributed by atoms with Crippen LogP contribution < -0.4 is 4.90 Å². The van der Waals surface area contributed by atoms with E-state index in [0.29, 0.717) is 30.3 Å². The summed E-state index contributed by atoms with van der Waals surface area (Å²) in [6.07, 6.45) is 9.31. The quantitative estimate of drug-likeness (QED) is 0.269. The number of benzene rings is 2. The highest BCUT2D eigenvalue weighted by Crippen LogP contribution is 2.33. The van der Waals surface area contributed by atoms with Crippen molar-refractivity contribution in [3.05, 3.63) is 78.1 Å². The van der Waals surface area contributed by atoms with Gasteiger partial charge in [0.05, 0.1) is 21.7 Å². The predicted molar refractivity (Wildman–Crippen MR) is 150 cm³/mol. The number of nitrogens with zero attached hydrogens (tertiary/aromatic N) is 4. The van der Waals surface area contributed by atoms with Crippen LogP contribution in [0.25, 0.3) is 10.2 Å². The molecule has 7 nitrogen and oxygen atoms in total. The highest BCUT2D eigenvalue weighted by molar-refractivity contribution is 7.98. The second-order valence-electron chi connectivity index (χ2n) is 8.93. The largest absolute Gasteiger partial charge is 0.279 e. The number of aromatic nitrogens is 2. The average molecular weight is 553 g/mol. The Kier molecular flexibility index (Phi) is 7.89. The summed E-state index contributed by atoms with van der Waals surface area (Å²) in [6, 6.07) is 16.1. The van der Waals surface area contributed by atoms with Crippen LogP contribution in [0.15, 0.2) is 76.8 Å². The molecule has 0 N–H and O–H groups in total. The monoisotopic (exact) mass is 552 g/mol. The Morgan fingerprint density at radius 3 is 2.49 bits per heavy atom. The number of thiazole rings is 1. The van der Waals surface area contributed by atoms with Crippen LogP contribution >= 0.6 is 23.1 Å². The summed E-state index contributed by atoms with van der Waals surface area (Å²) in [5.74, 6) is -0.244. The molecular formula is C27H28N4O3S3. The molecule has 10 heteroatoms. The molecule has 2 aromatic heterocycles. The van der Waals surface area contributed by atoms with Crippen LogP contribution in [0.2, 0.25) is 0 Å². The summed E-state index contributed by atoms with van der Waals surface area (Å²) < 4.78 is 28.9. The normalized spacial score (nSPS) is 14.9. The van der Waals surface area contributed by atoms with E-state index < -0.39 is 10.0 Å². The highest BCUT2D eigenvalue weighted by Gasteiger charge is 2.27. The third kappa shape index (κ3) is 5.72. The van der Waals surface area contributed by atoms with Crippen LogP contribution in [0.3, 0.4) is 0 Å². The lowest BCUT2D eigenvalue weighted by Crippen LogP contribution is -2.32. The number of amides is 1. The molecule has 192 valence electrons. The van der Waals surface area contributed by atoms with Crippen LogP contribution in [0, 0.1) is 0 Å². The van der Waals surface area contributed by atoms with Gasteiger partial charge >= 0.3 is 0 Å². The summed E-state index contributed by atoms with van der Waals surface area (Å²) >= 11 is 3.12. The number of fused-ring (bicyclic) bond motifs is 1. The van der Waals surface area contributed by atoms with Gasteiger partial charge in [-0.1, -0.05) is 30.2 Å². The molecule has 0 atom stereocenters. The lowest BCUT2D eigenvalue weighted by molar-refractivity contribution is 0.0985. The molecule has 1 saturated heterocycles. The molecule has 3 heterocycles. The van der Waals surface area contributed by atoms with Crippen molar-refractivity contribution in [2.75, 3.05) is 24.2 Å². The Morgan fingerprint density at radius 1 is 1.05 bits per heavy atom. The number of hydrogen-bond acceptors (Lipinski definition) is 7. The van der Waals surface area contributed by atoms with Gasteiger partial charge in [0, 0.05) is 35.9 Å². The number of thioether (sulfide) groups is 1. The molecule has 37 heavy (non-hydrogen) atoms. The minimum atomic E-state index is -3.58. The van der Waals surface area contributed by atoms with Crippen molar-refractivity contribution >= 4 is 54.4 Å². The van der Waals surface area contributed by atoms with E-state index in [-0.39, 0.29) is 10.8 Å². The van der Waals surface area contributed by atoms with E-state index in [2.05, 4.69) is 11.1 Å². The van der Waals surface area contributed by atoms with Gasteiger partial charge in [-0.2, -0.15) is 4.31 Å². The number of anilines is 1. The van der Waals surface area contributed by atoms with Gasteiger partial charge in [0.15, 0.2) is 5.13 Å². The Bertz CT molecular complexity index is 1480. The summed E-state index contributed by atoms with van der Waals surface area (Å²) in [5.41, 5.74) is 2.11. The SMILES string of the molecule is CSc1ccc2nc(N(Cc3cccnc3)C(=O)c3ccc(S(=O)(=O)N4CCCCCC4)cc3)sc2c1. The number of sulfonamides is 1. The first-order chi connectivity index (χ1) is 18.0. The van der Waals surface area contributed by atoms with Crippen molar-refractivity contribution < 1.29 is 13.2 Å². The molecule has 4 aromatic rings. The van der Waals surface area contributed by atoms with E-state index in [9.17, 15) is 13.2 Å². The average Bonchev–Trinajstić information content (AvgIpc) is 3.14. The maximum atomic E-state index is 13.8. The molecule has 1 amide bonds. The van der Waals surface area contributed by atoms with Crippen LogP contribution in [-0.4, -0.2) is 47.9 Å². The maximum absolute atomic E-state index is 13.8. The zero-order chi connectivity index (χ0) is 25.8. The number of carbonyl (C=O) groups is 1. The van der Waals surface area contributed by atoms with Gasteiger partial charge in [0.25, 0.3) is 5.91 Å². The molecule has 0 radical (unpaired) electrons. The summed E-state index contributed by atoms with van der Waals surface area (Å²) in [6.45, 7) is 1.38. The fourth-order valence-corrected chi connectivity index (χ4v) is 7.43. The molecule has 0 aliphatic carbocycles. The minimum Gasteiger partial charge on any atom is -0.279 e. The molecule has 1 aliphatic rings. The van der Waals surface area contributed by atoms with Gasteiger partial charge in [-0.05, 0) is 73.2 Å². The Hall–Kier alpha value is -2.79. The van der Waals surface area contributed by atoms with Gasteiger partial charge in [-0.25, -0.2) is 13.4 Å². The van der Waals surface area contributed by atoms with Gasteiger partial charge in [-0.15, -0.1) is 11.8 Å². The number of pyridine rings is 1. The summed E-state index contributed by atoms with van der Waals surface area (Å²) in [5, 5.41) is 0.586. The van der Waals surface area contributed by atoms with Crippen molar-refractivity contribution in [2.45, 2.75) is 42.0 Å². The van der Waals surface area contributed by atoms with E-state index in [0.717, 1.165) is 46.4 Å². The standard InChI is InChI=1S/C27H28N4O3S3/c1-35-22-10-13-24-25(17-22)36-27(29-24)31(19-20-7-6-14-28-18-20)26(32)21-8-11-23(12-9-21)37(33,34)30-15-4-2-3-5-16-30/h6-14,17-18H,2-5,15-16,19H2,1H3. The molecule has 0 bridgehead atoms. The fraction of sp³-hybridized carbons (Fsp3) is 0.296. The molecule has 2 aromatic carbocycles. The van der Waals surface area contributed by atoms with Crippen molar-refractivity contribution in [3.8, 4) is 0 Å². The summed E-state index contributed by atoms with van der Waals surface area (Å²) in [7, 11) is -3.58. The second kappa shape index (κ2) is 11.3. The van der Waals surface area contributed by atoms with E-state index in [4.69, 9.17) is 4.98 Å². The highest BCUT2D eigenvalue weighted by atomic mass is 32.2. The van der Waals surface area contributed by atoms with E-state index in [1.54, 1.807) is 57.6 Å². The molecule has 5 rings (SSSR count). The number of hydrogen-bond donors (Lipinski definition) is 0. The van der Waals surface area contributed by atoms with E-state index in [1.165, 1.54) is 11.3 Å². The van der Waals surface area contributed by atoms with Crippen molar-refractivity contribution in [1.29, 1.82) is 0 Å². The van der Waals surface area contributed by atoms with Crippen molar-refractivity contribution in [3.63, 3.8) is 0 Å². The van der Waals surface area contributed by atoms with Crippen LogP contribution in [-0.2, 0) is 16.6 Å². The first kappa shape index (κ1) is 25.8. The molecule has 1 fully saturated rings. The van der Waals surface area contributed by atoms with Crippen LogP contribution in [0.5, 0.6) is 0 Å². The van der Waals surface area contributed by atoms with Crippen molar-refractivity contribution in [1.82, 2.24) is 14.3 Å². The Morgan fingerprint density at radius 2 is 1.81 bits per heavy atom. The predicted octanol–water partition coefficient (Wildman–Crippen LogP) is 5.82. The number of carbonyl (C=O) groups excluding carboxylic acids is 1. The molecule has 0 spiro atoms. The third-order valence-corrected chi connectivity index (χ3v) is 10.1. The van der Waals surface area contributed by atoms with Crippen molar-refractivity contribution in [2.24, 2.45) is 0 Å². The zero-order valence-electron chi connectivity index (χ0n) is 20.5. The maximum Gasteiger partial charge on any atom is 0.260 e. The molecule has 0 saturated carbocycles. The first-order valence-corrected chi connectivity index (χ1v) is 15.7. The minimum absolute atomic E-state index is 0.217. The lowest BCUT2D eigenvalue weighted by Gasteiger charge is -2.21. The first-order valence-electron chi connectivity index (χ1n) is 12.2. The topological polar surface area (TPSA) is 83.5 Å². The van der Waals surface area contributed by atoms with E-state index in [1.807, 2.05) is 30.5 Å². The van der Waals surface area contributed by atoms with Gasteiger partial charge in [-0.3, -0.25) is 14.7 Å². The molecule has 1 aliphatic heterocycles. The van der Waals surface area contributed by atoms with Crippen LogP contribution in [0.1, 0.15) is 41.6 Å². The van der Waals surface area contributed by atoms with Gasteiger partial charge in [0.1, 0.15) is 0 Å². The second-order valence-corrected chi connectivity index (χ2v) is 12.8. The molecular weight excluding hydrogens is 525 g/mol. The summed E-state index contributed by atoms with van der Waals surface area (Å²) in [4.78, 5) is 25.7. The fourth-order valence-electron chi connectivity index (χ4n) is 4.39. The van der Waals surface area contributed by atoms with Gasteiger partial charge < -0.3 is 0 Å². The Balaban J connectivity index is 1.46. The van der Waals surface area contributed by atoms with Crippen LogP contribution in [0.4, 0.5) is 5.13 Å². The smallest absolute Gasteiger partial charge is 0.260 e. The third-order valence-electron chi connectivity index (χ3n) is 6.43. The van der Waals surface area contributed by atoms with E-state index >= 15 is 0 Å². The Labute approximate surface area is 225 Å². The zero-order valence-corrected chi connectivity index (χ0v) is 23.0. The molecule has 0 unspecified atom stereocenters. The lowest BCUT2D eigenvalue weighted by atomic mass is 10.2.